The SMILES string of the molecule is CC(=O)OC[C@]1(C)C(OC(C)=O)CC[C@@]2(C)C1CC(OC(C)=O)[C@@]1(C)Oc3cc(-c4cccnc4)oc(=O)c3C(O)C21. The van der Waals surface area contributed by atoms with Gasteiger partial charge in [0.15, 0.2) is 0 Å². The predicted octanol–water partition coefficient (Wildman–Crippen LogP) is 3.76. The van der Waals surface area contributed by atoms with E-state index in [0.717, 1.165) is 0 Å². The second-order valence-corrected chi connectivity index (χ2v) is 12.4. The Kier molecular flexibility index (Phi) is 7.45. The van der Waals surface area contributed by atoms with Gasteiger partial charge in [0.2, 0.25) is 0 Å². The molecule has 1 N–H and O–H groups in total. The first-order valence-electron chi connectivity index (χ1n) is 14.1. The molecule has 0 aromatic carbocycles. The van der Waals surface area contributed by atoms with Gasteiger partial charge in [-0.3, -0.25) is 19.4 Å². The standard InChI is InChI=1S/C31H37NO10/c1-16(33)38-15-30(5)22-13-24(40-18(3)35)31(6)27(29(22,4)10-9-23(30)39-17(2)34)26(36)25-21(42-31)12-20(41-28(25)37)19-8-7-11-32-14-19/h7-8,11-12,14,22-24,26-27,36H,9-10,13,15H2,1-6H3/t22?,23?,24?,26?,27?,29-,30-,31+/m0/s1. The molecule has 11 nitrogen and oxygen atoms in total. The molecule has 42 heavy (non-hydrogen) atoms. The lowest BCUT2D eigenvalue weighted by Crippen LogP contribution is -2.71. The van der Waals surface area contributed by atoms with Crippen molar-refractivity contribution in [3.8, 4) is 17.1 Å². The zero-order chi connectivity index (χ0) is 30.6. The molecule has 2 aliphatic carbocycles. The maximum Gasteiger partial charge on any atom is 0.345 e. The minimum absolute atomic E-state index is 0.0163. The van der Waals surface area contributed by atoms with Crippen LogP contribution < -0.4 is 10.4 Å². The molecule has 3 heterocycles. The van der Waals surface area contributed by atoms with Crippen LogP contribution in [0.3, 0.4) is 0 Å². The second-order valence-electron chi connectivity index (χ2n) is 12.4. The van der Waals surface area contributed by atoms with Gasteiger partial charge in [0.1, 0.15) is 41.5 Å². The quantitative estimate of drug-likeness (QED) is 0.405. The largest absolute Gasteiger partial charge is 0.482 e. The van der Waals surface area contributed by atoms with Crippen LogP contribution in [0.4, 0.5) is 0 Å². The van der Waals surface area contributed by atoms with Crippen LogP contribution in [0.15, 0.2) is 39.8 Å². The number of rotatable bonds is 5. The smallest absolute Gasteiger partial charge is 0.345 e. The first kappa shape index (κ1) is 29.8. The number of hydrogen-bond acceptors (Lipinski definition) is 11. The third-order valence-corrected chi connectivity index (χ3v) is 9.73. The zero-order valence-corrected chi connectivity index (χ0v) is 24.7. The number of ether oxygens (including phenoxy) is 4. The van der Waals surface area contributed by atoms with Gasteiger partial charge in [-0.05, 0) is 49.7 Å². The molecule has 0 amide bonds. The number of hydrogen-bond donors (Lipinski definition) is 1. The lowest BCUT2D eigenvalue weighted by Gasteiger charge is -2.66. The van der Waals surface area contributed by atoms with E-state index < -0.39 is 64.2 Å². The molecule has 3 aliphatic rings. The van der Waals surface area contributed by atoms with Crippen molar-refractivity contribution in [1.82, 2.24) is 4.98 Å². The van der Waals surface area contributed by atoms with E-state index >= 15 is 0 Å². The Balaban J connectivity index is 1.66. The molecule has 0 bridgehead atoms. The van der Waals surface area contributed by atoms with Gasteiger partial charge in [-0.15, -0.1) is 0 Å². The average molecular weight is 584 g/mol. The van der Waals surface area contributed by atoms with Crippen molar-refractivity contribution >= 4 is 17.9 Å². The first-order chi connectivity index (χ1) is 19.7. The Morgan fingerprint density at radius 1 is 1.07 bits per heavy atom. The third-order valence-electron chi connectivity index (χ3n) is 9.73. The van der Waals surface area contributed by atoms with E-state index in [4.69, 9.17) is 23.4 Å². The van der Waals surface area contributed by atoms with Gasteiger partial charge in [-0.1, -0.05) is 13.8 Å². The Morgan fingerprint density at radius 3 is 2.38 bits per heavy atom. The summed E-state index contributed by atoms with van der Waals surface area (Å²) >= 11 is 0. The number of fused-ring (bicyclic) bond motifs is 4. The minimum Gasteiger partial charge on any atom is -0.482 e. The highest BCUT2D eigenvalue weighted by Crippen LogP contribution is 2.67. The lowest BCUT2D eigenvalue weighted by atomic mass is 9.42. The van der Waals surface area contributed by atoms with Gasteiger partial charge < -0.3 is 28.5 Å². The molecule has 0 radical (unpaired) electrons. The average Bonchev–Trinajstić information content (AvgIpc) is 2.90. The van der Waals surface area contributed by atoms with E-state index in [2.05, 4.69) is 4.98 Å². The molecule has 5 rings (SSSR count). The number of aromatic nitrogens is 1. The fourth-order valence-electron chi connectivity index (χ4n) is 8.04. The molecular weight excluding hydrogens is 546 g/mol. The van der Waals surface area contributed by atoms with E-state index in [1.807, 2.05) is 13.8 Å². The Labute approximate surface area is 243 Å². The molecule has 0 spiro atoms. The van der Waals surface area contributed by atoms with E-state index in [0.29, 0.717) is 18.4 Å². The number of esters is 3. The van der Waals surface area contributed by atoms with Gasteiger partial charge >= 0.3 is 23.5 Å². The fraction of sp³-hybridized carbons (Fsp3) is 0.581. The van der Waals surface area contributed by atoms with Crippen molar-refractivity contribution in [2.75, 3.05) is 6.61 Å². The number of carbonyl (C=O) groups is 3. The first-order valence-corrected chi connectivity index (χ1v) is 14.1. The summed E-state index contributed by atoms with van der Waals surface area (Å²) in [6.45, 7) is 9.56. The molecule has 1 aliphatic heterocycles. The monoisotopic (exact) mass is 583 g/mol. The van der Waals surface area contributed by atoms with Gasteiger partial charge in [0.25, 0.3) is 0 Å². The lowest BCUT2D eigenvalue weighted by molar-refractivity contribution is -0.270. The van der Waals surface area contributed by atoms with Gasteiger partial charge in [-0.2, -0.15) is 0 Å². The molecule has 11 heteroatoms. The summed E-state index contributed by atoms with van der Waals surface area (Å²) < 4.78 is 29.5. The summed E-state index contributed by atoms with van der Waals surface area (Å²) in [5, 5.41) is 12.1. The Bertz CT molecular complexity index is 1460. The molecule has 5 unspecified atom stereocenters. The summed E-state index contributed by atoms with van der Waals surface area (Å²) in [4.78, 5) is 54.0. The molecule has 2 aromatic heterocycles. The van der Waals surface area contributed by atoms with Crippen molar-refractivity contribution in [3.05, 3.63) is 46.6 Å². The van der Waals surface area contributed by atoms with Gasteiger partial charge in [0, 0.05) is 56.1 Å². The summed E-state index contributed by atoms with van der Waals surface area (Å²) in [5.41, 5.74) is -3.09. The molecular formula is C31H37NO10. The highest BCUT2D eigenvalue weighted by Gasteiger charge is 2.70. The maximum absolute atomic E-state index is 13.4. The van der Waals surface area contributed by atoms with Crippen LogP contribution in [0.2, 0.25) is 0 Å². The number of aliphatic hydroxyl groups excluding tert-OH is 1. The molecule has 2 aromatic rings. The highest BCUT2D eigenvalue weighted by molar-refractivity contribution is 5.67. The number of pyridine rings is 1. The molecule has 0 saturated heterocycles. The Morgan fingerprint density at radius 2 is 1.76 bits per heavy atom. The van der Waals surface area contributed by atoms with Crippen molar-refractivity contribution in [1.29, 1.82) is 0 Å². The molecule has 2 saturated carbocycles. The summed E-state index contributed by atoms with van der Waals surface area (Å²) in [5.74, 6) is -2.25. The van der Waals surface area contributed by atoms with E-state index in [9.17, 15) is 24.3 Å². The van der Waals surface area contributed by atoms with E-state index in [-0.39, 0.29) is 36.0 Å². The minimum atomic E-state index is -1.34. The molecule has 8 atom stereocenters. The van der Waals surface area contributed by atoms with Crippen molar-refractivity contribution in [3.63, 3.8) is 0 Å². The number of carbonyl (C=O) groups excluding carboxylic acids is 3. The van der Waals surface area contributed by atoms with Crippen LogP contribution in [-0.4, -0.2) is 52.4 Å². The zero-order valence-electron chi connectivity index (χ0n) is 24.7. The van der Waals surface area contributed by atoms with Crippen molar-refractivity contribution < 1.29 is 42.9 Å². The fourth-order valence-corrected chi connectivity index (χ4v) is 8.04. The summed E-state index contributed by atoms with van der Waals surface area (Å²) in [7, 11) is 0. The molecule has 2 fully saturated rings. The topological polar surface area (TPSA) is 151 Å². The van der Waals surface area contributed by atoms with Crippen LogP contribution >= 0.6 is 0 Å². The van der Waals surface area contributed by atoms with Gasteiger partial charge in [0.05, 0.1) is 6.10 Å². The summed E-state index contributed by atoms with van der Waals surface area (Å²) in [6.07, 6.45) is 1.53. The van der Waals surface area contributed by atoms with Crippen LogP contribution in [0, 0.1) is 22.7 Å². The third kappa shape index (κ3) is 4.77. The maximum atomic E-state index is 13.4. The van der Waals surface area contributed by atoms with E-state index in [1.54, 1.807) is 37.5 Å². The van der Waals surface area contributed by atoms with Crippen molar-refractivity contribution in [2.45, 2.75) is 84.7 Å². The number of nitrogens with zero attached hydrogens (tertiary/aromatic N) is 1. The second kappa shape index (κ2) is 10.5. The van der Waals surface area contributed by atoms with Crippen LogP contribution in [0.5, 0.6) is 5.75 Å². The van der Waals surface area contributed by atoms with E-state index in [1.165, 1.54) is 20.8 Å². The van der Waals surface area contributed by atoms with Crippen LogP contribution in [0.1, 0.15) is 72.5 Å². The van der Waals surface area contributed by atoms with Gasteiger partial charge in [-0.25, -0.2) is 4.79 Å². The normalized spacial score (nSPS) is 35.0. The summed E-state index contributed by atoms with van der Waals surface area (Å²) in [6, 6.07) is 5.00. The van der Waals surface area contributed by atoms with Crippen LogP contribution in [0.25, 0.3) is 11.3 Å². The van der Waals surface area contributed by atoms with Crippen LogP contribution in [-0.2, 0) is 28.6 Å². The Hall–Kier alpha value is -3.73. The molecule has 226 valence electrons. The van der Waals surface area contributed by atoms with Crippen molar-refractivity contribution in [2.24, 2.45) is 22.7 Å². The highest BCUT2D eigenvalue weighted by atomic mass is 16.6. The number of aliphatic hydroxyl groups is 1. The predicted molar refractivity (Wildman–Crippen MR) is 147 cm³/mol.